The van der Waals surface area contributed by atoms with Crippen molar-refractivity contribution in [1.82, 2.24) is 15.1 Å². The summed E-state index contributed by atoms with van der Waals surface area (Å²) in [4.78, 5) is 41.4. The molecule has 2 saturated heterocycles. The van der Waals surface area contributed by atoms with Gasteiger partial charge in [-0.3, -0.25) is 9.59 Å². The zero-order valence-electron chi connectivity index (χ0n) is 20.9. The van der Waals surface area contributed by atoms with Crippen LogP contribution in [0.5, 0.6) is 0 Å². The predicted octanol–water partition coefficient (Wildman–Crippen LogP) is 4.02. The van der Waals surface area contributed by atoms with Crippen LogP contribution in [0.25, 0.3) is 0 Å². The van der Waals surface area contributed by atoms with Crippen molar-refractivity contribution in [3.05, 3.63) is 64.7 Å². The molecule has 1 atom stereocenters. The van der Waals surface area contributed by atoms with Crippen LogP contribution < -0.4 is 10.6 Å². The second-order valence-corrected chi connectivity index (χ2v) is 9.61. The molecule has 2 fully saturated rings. The van der Waals surface area contributed by atoms with E-state index in [1.807, 2.05) is 49.1 Å². The maximum absolute atomic E-state index is 13.2. The van der Waals surface area contributed by atoms with Crippen LogP contribution in [0.15, 0.2) is 42.5 Å². The zero-order chi connectivity index (χ0) is 25.7. The lowest BCUT2D eigenvalue weighted by molar-refractivity contribution is -0.129. The molecule has 0 spiro atoms. The summed E-state index contributed by atoms with van der Waals surface area (Å²) in [6.07, 6.45) is 2.94. The molecule has 2 aliphatic rings. The number of rotatable bonds is 5. The Labute approximate surface area is 212 Å². The van der Waals surface area contributed by atoms with Crippen molar-refractivity contribution in [3.8, 4) is 6.07 Å². The van der Waals surface area contributed by atoms with Crippen LogP contribution in [0.3, 0.4) is 0 Å². The Bertz CT molecular complexity index is 1160. The summed E-state index contributed by atoms with van der Waals surface area (Å²) in [5.74, 6) is 0.434. The molecule has 4 rings (SSSR count). The van der Waals surface area contributed by atoms with Gasteiger partial charge in [-0.1, -0.05) is 25.1 Å². The summed E-state index contributed by atoms with van der Waals surface area (Å²) in [5, 5.41) is 14.8. The maximum atomic E-state index is 13.2. The van der Waals surface area contributed by atoms with Gasteiger partial charge in [0.05, 0.1) is 11.6 Å². The third kappa shape index (κ3) is 5.85. The fourth-order valence-corrected chi connectivity index (χ4v) is 4.99. The highest BCUT2D eigenvalue weighted by atomic mass is 16.2. The monoisotopic (exact) mass is 487 g/mol. The minimum atomic E-state index is -0.332. The summed E-state index contributed by atoms with van der Waals surface area (Å²) in [7, 11) is 0. The zero-order valence-corrected chi connectivity index (χ0v) is 20.9. The van der Waals surface area contributed by atoms with Gasteiger partial charge >= 0.3 is 6.03 Å². The average molecular weight is 488 g/mol. The van der Waals surface area contributed by atoms with Gasteiger partial charge in [-0.15, -0.1) is 0 Å². The highest BCUT2D eigenvalue weighted by molar-refractivity contribution is 5.97. The number of hydrogen-bond donors (Lipinski definition) is 2. The third-order valence-electron chi connectivity index (χ3n) is 7.20. The van der Waals surface area contributed by atoms with Crippen molar-refractivity contribution in [3.63, 3.8) is 0 Å². The van der Waals surface area contributed by atoms with Gasteiger partial charge < -0.3 is 20.4 Å². The molecule has 2 N–H and O–H groups in total. The molecule has 0 bridgehead atoms. The maximum Gasteiger partial charge on any atom is 0.319 e. The number of piperidine rings is 1. The van der Waals surface area contributed by atoms with E-state index in [4.69, 9.17) is 5.26 Å². The fraction of sp³-hybridized carbons (Fsp3) is 0.429. The van der Waals surface area contributed by atoms with Crippen LogP contribution in [0.4, 0.5) is 10.5 Å². The molecule has 0 radical (unpaired) electrons. The first-order chi connectivity index (χ1) is 17.4. The highest BCUT2D eigenvalue weighted by Crippen LogP contribution is 2.29. The number of nitrogens with one attached hydrogen (secondary N) is 2. The summed E-state index contributed by atoms with van der Waals surface area (Å²) in [5.41, 5.74) is 3.88. The molecule has 0 saturated carbocycles. The van der Waals surface area contributed by atoms with E-state index < -0.39 is 0 Å². The van der Waals surface area contributed by atoms with Crippen molar-refractivity contribution in [2.24, 2.45) is 0 Å². The first-order valence-electron chi connectivity index (χ1n) is 12.6. The number of nitrogens with zero attached hydrogens (tertiary/aromatic N) is 3. The molecule has 2 aromatic rings. The van der Waals surface area contributed by atoms with Gasteiger partial charge in [0.25, 0.3) is 5.91 Å². The summed E-state index contributed by atoms with van der Waals surface area (Å²) in [6, 6.07) is 14.8. The van der Waals surface area contributed by atoms with Gasteiger partial charge in [0.15, 0.2) is 0 Å². The number of carbonyl (C=O) groups is 3. The molecule has 36 heavy (non-hydrogen) atoms. The van der Waals surface area contributed by atoms with Crippen LogP contribution in [-0.4, -0.2) is 59.9 Å². The quantitative estimate of drug-likeness (QED) is 0.664. The molecule has 8 heteroatoms. The Hall–Kier alpha value is -3.86. The lowest BCUT2D eigenvalue weighted by Crippen LogP contribution is -2.40. The summed E-state index contributed by atoms with van der Waals surface area (Å²) < 4.78 is 0. The van der Waals surface area contributed by atoms with Gasteiger partial charge in [-0.05, 0) is 67.5 Å². The highest BCUT2D eigenvalue weighted by Gasteiger charge is 2.27. The Morgan fingerprint density at radius 3 is 2.36 bits per heavy atom. The van der Waals surface area contributed by atoms with E-state index >= 15 is 0 Å². The number of nitriles is 1. The van der Waals surface area contributed by atoms with E-state index in [0.29, 0.717) is 55.3 Å². The van der Waals surface area contributed by atoms with Crippen LogP contribution in [0, 0.1) is 18.3 Å². The van der Waals surface area contributed by atoms with E-state index in [2.05, 4.69) is 16.7 Å². The Morgan fingerprint density at radius 1 is 1.00 bits per heavy atom. The number of urea groups is 1. The largest absolute Gasteiger partial charge is 0.341 e. The summed E-state index contributed by atoms with van der Waals surface area (Å²) >= 11 is 0. The number of aryl methyl sites for hydroxylation is 1. The minimum Gasteiger partial charge on any atom is -0.341 e. The van der Waals surface area contributed by atoms with E-state index in [1.165, 1.54) is 5.56 Å². The normalized spacial score (nSPS) is 18.0. The van der Waals surface area contributed by atoms with E-state index in [9.17, 15) is 14.4 Å². The van der Waals surface area contributed by atoms with Gasteiger partial charge in [-0.2, -0.15) is 5.26 Å². The van der Waals surface area contributed by atoms with Crippen LogP contribution in [0.1, 0.15) is 65.6 Å². The van der Waals surface area contributed by atoms with Gasteiger partial charge in [0, 0.05) is 49.9 Å². The standard InChI is InChI=1S/C28H33N5O3/c1-3-26(34)33-15-12-24(18-33)30-28(36)31-25-16-23(7-4-19(25)2)27(35)32-13-10-22(11-14-32)21-8-5-20(17-29)6-9-21/h4-9,16,22,24H,3,10-15,18H2,1-2H3,(H2,30,31,36)/t24-/m1/s1. The van der Waals surface area contributed by atoms with Gasteiger partial charge in [0.1, 0.15) is 0 Å². The first-order valence-corrected chi connectivity index (χ1v) is 12.6. The van der Waals surface area contributed by atoms with Crippen LogP contribution >= 0.6 is 0 Å². The van der Waals surface area contributed by atoms with Crippen LogP contribution in [0.2, 0.25) is 0 Å². The molecule has 0 aromatic heterocycles. The summed E-state index contributed by atoms with van der Waals surface area (Å²) in [6.45, 7) is 6.23. The van der Waals surface area contributed by atoms with Crippen molar-refractivity contribution < 1.29 is 14.4 Å². The molecule has 2 aromatic carbocycles. The number of anilines is 1. The topological polar surface area (TPSA) is 106 Å². The second kappa shape index (κ2) is 11.3. The first kappa shape index (κ1) is 25.2. The van der Waals surface area contributed by atoms with Crippen molar-refractivity contribution >= 4 is 23.5 Å². The number of carbonyl (C=O) groups excluding carboxylic acids is 3. The van der Waals surface area contributed by atoms with Crippen molar-refractivity contribution in [2.75, 3.05) is 31.5 Å². The molecule has 2 aliphatic heterocycles. The van der Waals surface area contributed by atoms with E-state index in [-0.39, 0.29) is 23.9 Å². The Morgan fingerprint density at radius 2 is 1.69 bits per heavy atom. The fourth-order valence-electron chi connectivity index (χ4n) is 4.99. The molecule has 4 amide bonds. The molecule has 0 unspecified atom stereocenters. The molecule has 188 valence electrons. The average Bonchev–Trinajstić information content (AvgIpc) is 3.37. The van der Waals surface area contributed by atoms with Gasteiger partial charge in [0.2, 0.25) is 5.91 Å². The number of amides is 4. The molecular formula is C28H33N5O3. The van der Waals surface area contributed by atoms with Gasteiger partial charge in [-0.25, -0.2) is 4.79 Å². The Balaban J connectivity index is 1.33. The molecular weight excluding hydrogens is 454 g/mol. The Kier molecular flexibility index (Phi) is 7.89. The third-order valence-corrected chi connectivity index (χ3v) is 7.20. The lowest BCUT2D eigenvalue weighted by Gasteiger charge is -2.32. The van der Waals surface area contributed by atoms with Crippen molar-refractivity contribution in [1.29, 1.82) is 5.26 Å². The van der Waals surface area contributed by atoms with E-state index in [0.717, 1.165) is 24.8 Å². The predicted molar refractivity (Wildman–Crippen MR) is 138 cm³/mol. The second-order valence-electron chi connectivity index (χ2n) is 9.61. The molecule has 8 nitrogen and oxygen atoms in total. The number of hydrogen-bond acceptors (Lipinski definition) is 4. The number of likely N-dealkylation sites (tertiary alicyclic amines) is 2. The number of benzene rings is 2. The van der Waals surface area contributed by atoms with E-state index in [1.54, 1.807) is 17.0 Å². The lowest BCUT2D eigenvalue weighted by atomic mass is 9.89. The molecule has 2 heterocycles. The van der Waals surface area contributed by atoms with Crippen LogP contribution in [-0.2, 0) is 4.79 Å². The molecule has 0 aliphatic carbocycles. The smallest absolute Gasteiger partial charge is 0.319 e. The SMILES string of the molecule is CCC(=O)N1CC[C@@H](NC(=O)Nc2cc(C(=O)N3CCC(c4ccc(C#N)cc4)CC3)ccc2C)C1. The minimum absolute atomic E-state index is 0.0405. The van der Waals surface area contributed by atoms with Crippen molar-refractivity contribution in [2.45, 2.75) is 51.5 Å².